The van der Waals surface area contributed by atoms with E-state index in [1.807, 2.05) is 20.8 Å². The first-order valence-electron chi connectivity index (χ1n) is 8.92. The molecular weight excluding hydrogens is 528 g/mol. The van der Waals surface area contributed by atoms with Crippen LogP contribution in [0.1, 0.15) is 28.1 Å². The van der Waals surface area contributed by atoms with Gasteiger partial charge in [-0.2, -0.15) is 0 Å². The molecule has 1 aromatic carbocycles. The molecule has 2 aromatic rings. The summed E-state index contributed by atoms with van der Waals surface area (Å²) in [4.78, 5) is 10.0. The molecule has 0 fully saturated rings. The molecule has 3 N–H and O–H groups in total. The van der Waals surface area contributed by atoms with Gasteiger partial charge in [0, 0.05) is 18.0 Å². The van der Waals surface area contributed by atoms with Crippen molar-refractivity contribution in [3.63, 3.8) is 0 Å². The maximum absolute atomic E-state index is 13.6. The average Bonchev–Trinajstić information content (AvgIpc) is 2.93. The second-order valence-electron chi connectivity index (χ2n) is 6.26. The maximum atomic E-state index is 13.6. The fourth-order valence-corrected chi connectivity index (χ4v) is 4.10. The number of aliphatic imine (C=N–C) groups is 1. The molecule has 0 saturated carbocycles. The Bertz CT molecular complexity index is 928. The molecular formula is C18H27FIN5O2S2. The highest BCUT2D eigenvalue weighted by Crippen LogP contribution is 2.17. The number of aryl methyl sites for hydroxylation is 3. The van der Waals surface area contributed by atoms with Gasteiger partial charge in [0.05, 0.1) is 23.7 Å². The van der Waals surface area contributed by atoms with Gasteiger partial charge < -0.3 is 10.6 Å². The Balaban J connectivity index is 0.00000420. The van der Waals surface area contributed by atoms with Crippen molar-refractivity contribution in [2.45, 2.75) is 34.2 Å². The van der Waals surface area contributed by atoms with Gasteiger partial charge in [-0.15, -0.1) is 35.3 Å². The van der Waals surface area contributed by atoms with E-state index in [4.69, 9.17) is 0 Å². The van der Waals surface area contributed by atoms with Crippen LogP contribution < -0.4 is 15.4 Å². The summed E-state index contributed by atoms with van der Waals surface area (Å²) in [5.41, 5.74) is 1.66. The summed E-state index contributed by atoms with van der Waals surface area (Å²) in [5, 5.41) is 6.98. The van der Waals surface area contributed by atoms with E-state index in [1.165, 1.54) is 18.2 Å². The third-order valence-electron chi connectivity index (χ3n) is 3.90. The minimum Gasteiger partial charge on any atom is -0.357 e. The highest BCUT2D eigenvalue weighted by atomic mass is 127. The van der Waals surface area contributed by atoms with Crippen molar-refractivity contribution in [2.24, 2.45) is 4.99 Å². The zero-order chi connectivity index (χ0) is 20.7. The van der Waals surface area contributed by atoms with Crippen molar-refractivity contribution in [1.29, 1.82) is 0 Å². The summed E-state index contributed by atoms with van der Waals surface area (Å²) in [6.07, 6.45) is 0. The number of rotatable bonds is 8. The van der Waals surface area contributed by atoms with Gasteiger partial charge in [0.25, 0.3) is 0 Å². The van der Waals surface area contributed by atoms with E-state index in [0.29, 0.717) is 24.6 Å². The molecule has 0 aliphatic heterocycles. The van der Waals surface area contributed by atoms with Gasteiger partial charge in [0.15, 0.2) is 5.96 Å². The van der Waals surface area contributed by atoms with Crippen molar-refractivity contribution >= 4 is 57.0 Å². The number of nitrogens with zero attached hydrogens (tertiary/aromatic N) is 2. The largest absolute Gasteiger partial charge is 0.357 e. The molecule has 0 saturated heterocycles. The highest BCUT2D eigenvalue weighted by molar-refractivity contribution is 14.0. The molecule has 0 atom stereocenters. The smallest absolute Gasteiger partial charge is 0.234 e. The van der Waals surface area contributed by atoms with E-state index < -0.39 is 15.8 Å². The molecule has 0 aliphatic carbocycles. The predicted molar refractivity (Wildman–Crippen MR) is 128 cm³/mol. The van der Waals surface area contributed by atoms with Gasteiger partial charge in [0.2, 0.25) is 10.0 Å². The van der Waals surface area contributed by atoms with Crippen molar-refractivity contribution in [3.05, 3.63) is 45.2 Å². The fourth-order valence-electron chi connectivity index (χ4n) is 2.29. The quantitative estimate of drug-likeness (QED) is 0.264. The van der Waals surface area contributed by atoms with Crippen LogP contribution in [0.2, 0.25) is 0 Å². The zero-order valence-electron chi connectivity index (χ0n) is 16.9. The molecule has 0 unspecified atom stereocenters. The summed E-state index contributed by atoms with van der Waals surface area (Å²) < 4.78 is 40.4. The normalized spacial score (nSPS) is 11.7. The van der Waals surface area contributed by atoms with Gasteiger partial charge in [-0.05, 0) is 45.4 Å². The Morgan fingerprint density at radius 1 is 1.24 bits per heavy atom. The van der Waals surface area contributed by atoms with Gasteiger partial charge in [0.1, 0.15) is 10.8 Å². The van der Waals surface area contributed by atoms with Crippen LogP contribution in [0.5, 0.6) is 0 Å². The van der Waals surface area contributed by atoms with Crippen LogP contribution in [0.4, 0.5) is 10.1 Å². The lowest BCUT2D eigenvalue weighted by Gasteiger charge is -2.12. The number of halogens is 2. The summed E-state index contributed by atoms with van der Waals surface area (Å²) in [6.45, 7) is 8.75. The van der Waals surface area contributed by atoms with Gasteiger partial charge in [-0.25, -0.2) is 22.8 Å². The monoisotopic (exact) mass is 555 g/mol. The third kappa shape index (κ3) is 8.42. The summed E-state index contributed by atoms with van der Waals surface area (Å²) in [5.74, 6) is -0.111. The van der Waals surface area contributed by atoms with Crippen LogP contribution in [-0.4, -0.2) is 38.2 Å². The molecule has 2 rings (SSSR count). The number of hydrogen-bond donors (Lipinski definition) is 3. The molecule has 1 heterocycles. The number of aromatic nitrogens is 1. The van der Waals surface area contributed by atoms with Crippen LogP contribution in [0.25, 0.3) is 0 Å². The first kappa shape index (κ1) is 25.6. The number of nitrogens with one attached hydrogen (secondary N) is 3. The SMILES string of the molecule is CCNC(=NCc1nc(C)c(C)s1)NCCS(=O)(=O)Nc1ccc(C)c(F)c1.I. The lowest BCUT2D eigenvalue weighted by Crippen LogP contribution is -2.40. The lowest BCUT2D eigenvalue weighted by molar-refractivity contribution is 0.599. The topological polar surface area (TPSA) is 95.5 Å². The molecule has 7 nitrogen and oxygen atoms in total. The average molecular weight is 555 g/mol. The second-order valence-corrected chi connectivity index (χ2v) is 9.39. The van der Waals surface area contributed by atoms with Crippen LogP contribution >= 0.6 is 35.3 Å². The Hall–Kier alpha value is -1.47. The molecule has 29 heavy (non-hydrogen) atoms. The van der Waals surface area contributed by atoms with Crippen LogP contribution in [0.3, 0.4) is 0 Å². The van der Waals surface area contributed by atoms with E-state index in [1.54, 1.807) is 18.3 Å². The highest BCUT2D eigenvalue weighted by Gasteiger charge is 2.12. The Morgan fingerprint density at radius 3 is 2.55 bits per heavy atom. The third-order valence-corrected chi connectivity index (χ3v) is 6.24. The second kappa shape index (κ2) is 11.6. The van der Waals surface area contributed by atoms with E-state index >= 15 is 0 Å². The number of thiazole rings is 1. The molecule has 11 heteroatoms. The Morgan fingerprint density at radius 2 is 1.97 bits per heavy atom. The number of benzene rings is 1. The maximum Gasteiger partial charge on any atom is 0.234 e. The molecule has 0 radical (unpaired) electrons. The summed E-state index contributed by atoms with van der Waals surface area (Å²) in [7, 11) is -3.62. The van der Waals surface area contributed by atoms with Crippen molar-refractivity contribution in [2.75, 3.05) is 23.6 Å². The van der Waals surface area contributed by atoms with Crippen LogP contribution in [0.15, 0.2) is 23.2 Å². The standard InChI is InChI=1S/C18H26FN5O2S2.HI/c1-5-20-18(22-11-17-23-13(3)14(4)27-17)21-8-9-28(25,26)24-15-7-6-12(2)16(19)10-15;/h6-7,10,24H,5,8-9,11H2,1-4H3,(H2,20,21,22);1H. The molecule has 0 aliphatic rings. The van der Waals surface area contributed by atoms with E-state index in [2.05, 4.69) is 25.3 Å². The predicted octanol–water partition coefficient (Wildman–Crippen LogP) is 3.32. The van der Waals surface area contributed by atoms with Gasteiger partial charge >= 0.3 is 0 Å². The number of sulfonamides is 1. The first-order chi connectivity index (χ1) is 13.2. The fraction of sp³-hybridized carbons (Fsp3) is 0.444. The number of anilines is 1. The Kier molecular flexibility index (Phi) is 10.3. The van der Waals surface area contributed by atoms with E-state index in [0.717, 1.165) is 15.6 Å². The van der Waals surface area contributed by atoms with Crippen molar-refractivity contribution in [1.82, 2.24) is 15.6 Å². The summed E-state index contributed by atoms with van der Waals surface area (Å²) in [6, 6.07) is 4.24. The first-order valence-corrected chi connectivity index (χ1v) is 11.4. The summed E-state index contributed by atoms with van der Waals surface area (Å²) >= 11 is 1.60. The molecule has 0 bridgehead atoms. The minimum absolute atomic E-state index is 0. The van der Waals surface area contributed by atoms with E-state index in [-0.39, 0.29) is 42.0 Å². The van der Waals surface area contributed by atoms with Gasteiger partial charge in [-0.3, -0.25) is 4.72 Å². The van der Waals surface area contributed by atoms with Crippen LogP contribution in [-0.2, 0) is 16.6 Å². The Labute approximate surface area is 192 Å². The molecule has 162 valence electrons. The number of guanidine groups is 1. The van der Waals surface area contributed by atoms with Gasteiger partial charge in [-0.1, -0.05) is 6.07 Å². The molecule has 0 amide bonds. The minimum atomic E-state index is -3.62. The van der Waals surface area contributed by atoms with Crippen molar-refractivity contribution < 1.29 is 12.8 Å². The molecule has 0 spiro atoms. The van der Waals surface area contributed by atoms with Crippen LogP contribution in [0, 0.1) is 26.6 Å². The van der Waals surface area contributed by atoms with E-state index in [9.17, 15) is 12.8 Å². The zero-order valence-corrected chi connectivity index (χ0v) is 20.8. The molecule has 1 aromatic heterocycles. The number of hydrogen-bond acceptors (Lipinski definition) is 5. The lowest BCUT2D eigenvalue weighted by atomic mass is 10.2. The van der Waals surface area contributed by atoms with Crippen molar-refractivity contribution in [3.8, 4) is 0 Å².